The van der Waals surface area contributed by atoms with E-state index in [-0.39, 0.29) is 17.6 Å². The van der Waals surface area contributed by atoms with Crippen LogP contribution in [0.15, 0.2) is 29.1 Å². The van der Waals surface area contributed by atoms with E-state index in [9.17, 15) is 19.8 Å². The second kappa shape index (κ2) is 6.07. The molecule has 2 atom stereocenters. The minimum Gasteiger partial charge on any atom is -0.464 e. The lowest BCUT2D eigenvalue weighted by molar-refractivity contribution is -0.159. The van der Waals surface area contributed by atoms with Gasteiger partial charge < -0.3 is 19.9 Å². The number of benzene rings is 1. The third-order valence-corrected chi connectivity index (χ3v) is 3.16. The van der Waals surface area contributed by atoms with E-state index in [1.54, 1.807) is 26.0 Å². The molecule has 0 aliphatic heterocycles. The van der Waals surface area contributed by atoms with E-state index in [4.69, 9.17) is 0 Å². The van der Waals surface area contributed by atoms with E-state index < -0.39 is 18.2 Å². The highest BCUT2D eigenvalue weighted by Crippen LogP contribution is 2.21. The minimum atomic E-state index is -1.69. The SMILES string of the molecule is CCOC(=O)C(O)C(O)c1ccc2[nH]c(C)cc(=O)c2c1. The van der Waals surface area contributed by atoms with Gasteiger partial charge in [0.05, 0.1) is 6.61 Å². The van der Waals surface area contributed by atoms with Crippen molar-refractivity contribution in [2.24, 2.45) is 0 Å². The number of nitrogens with one attached hydrogen (secondary N) is 1. The average molecular weight is 291 g/mol. The van der Waals surface area contributed by atoms with Gasteiger partial charge in [-0.3, -0.25) is 4.79 Å². The Morgan fingerprint density at radius 2 is 2.05 bits per heavy atom. The first-order valence-corrected chi connectivity index (χ1v) is 6.60. The summed E-state index contributed by atoms with van der Waals surface area (Å²) in [6.45, 7) is 3.49. The number of esters is 1. The highest BCUT2D eigenvalue weighted by Gasteiger charge is 2.27. The minimum absolute atomic E-state index is 0.110. The summed E-state index contributed by atoms with van der Waals surface area (Å²) >= 11 is 0. The second-order valence-corrected chi connectivity index (χ2v) is 4.76. The smallest absolute Gasteiger partial charge is 0.338 e. The molecule has 0 spiro atoms. The van der Waals surface area contributed by atoms with Crippen LogP contribution >= 0.6 is 0 Å². The standard InChI is InChI=1S/C15H17NO5/c1-3-21-15(20)14(19)13(18)9-4-5-11-10(7-9)12(17)6-8(2)16-11/h4-7,13-14,18-19H,3H2,1-2H3,(H,16,17). The molecule has 1 aromatic heterocycles. The van der Waals surface area contributed by atoms with Gasteiger partial charge in [0.25, 0.3) is 0 Å². The highest BCUT2D eigenvalue weighted by molar-refractivity contribution is 5.80. The van der Waals surface area contributed by atoms with Crippen LogP contribution in [0.1, 0.15) is 24.3 Å². The van der Waals surface area contributed by atoms with Crippen LogP contribution in [0.2, 0.25) is 0 Å². The van der Waals surface area contributed by atoms with Gasteiger partial charge in [-0.05, 0) is 31.5 Å². The van der Waals surface area contributed by atoms with Gasteiger partial charge in [0, 0.05) is 22.7 Å². The van der Waals surface area contributed by atoms with E-state index in [1.165, 1.54) is 12.1 Å². The number of fused-ring (bicyclic) bond motifs is 1. The lowest BCUT2D eigenvalue weighted by Gasteiger charge is -2.17. The topological polar surface area (TPSA) is 99.6 Å². The normalized spacial score (nSPS) is 13.9. The summed E-state index contributed by atoms with van der Waals surface area (Å²) in [6.07, 6.45) is -3.14. The van der Waals surface area contributed by atoms with Crippen molar-refractivity contribution in [3.05, 3.63) is 45.7 Å². The van der Waals surface area contributed by atoms with Gasteiger partial charge in [0.2, 0.25) is 0 Å². The van der Waals surface area contributed by atoms with Crippen molar-refractivity contribution in [1.29, 1.82) is 0 Å². The van der Waals surface area contributed by atoms with Gasteiger partial charge >= 0.3 is 5.97 Å². The summed E-state index contributed by atoms with van der Waals surface area (Å²) in [5, 5.41) is 20.2. The van der Waals surface area contributed by atoms with E-state index in [0.717, 1.165) is 5.69 Å². The molecule has 21 heavy (non-hydrogen) atoms. The summed E-state index contributed by atoms with van der Waals surface area (Å²) in [5.41, 5.74) is 1.44. The number of H-pyrrole nitrogens is 1. The molecule has 6 nitrogen and oxygen atoms in total. The number of rotatable bonds is 4. The fraction of sp³-hybridized carbons (Fsp3) is 0.333. The molecule has 3 N–H and O–H groups in total. The van der Waals surface area contributed by atoms with Crippen LogP contribution in [0.3, 0.4) is 0 Å². The van der Waals surface area contributed by atoms with E-state index in [1.807, 2.05) is 0 Å². The van der Waals surface area contributed by atoms with Crippen molar-refractivity contribution >= 4 is 16.9 Å². The Labute approximate surface area is 121 Å². The number of aromatic nitrogens is 1. The Balaban J connectivity index is 2.39. The van der Waals surface area contributed by atoms with Crippen LogP contribution in [0.5, 0.6) is 0 Å². The van der Waals surface area contributed by atoms with Crippen LogP contribution < -0.4 is 5.43 Å². The molecule has 0 fully saturated rings. The number of aryl methyl sites for hydroxylation is 1. The molecule has 0 aliphatic carbocycles. The van der Waals surface area contributed by atoms with Crippen LogP contribution in [0, 0.1) is 6.92 Å². The summed E-state index contributed by atoms with van der Waals surface area (Å²) in [4.78, 5) is 26.4. The molecule has 0 saturated carbocycles. The Kier molecular flexibility index (Phi) is 4.40. The van der Waals surface area contributed by atoms with Crippen molar-refractivity contribution < 1.29 is 19.7 Å². The zero-order valence-corrected chi connectivity index (χ0v) is 11.8. The van der Waals surface area contributed by atoms with Gasteiger partial charge in [-0.1, -0.05) is 6.07 Å². The van der Waals surface area contributed by atoms with Crippen LogP contribution in [-0.4, -0.2) is 33.9 Å². The molecule has 2 rings (SSSR count). The lowest BCUT2D eigenvalue weighted by atomic mass is 10.0. The van der Waals surface area contributed by atoms with Crippen LogP contribution in [0.4, 0.5) is 0 Å². The first-order chi connectivity index (χ1) is 9.93. The number of hydrogen-bond donors (Lipinski definition) is 3. The average Bonchev–Trinajstić information content (AvgIpc) is 2.45. The van der Waals surface area contributed by atoms with Crippen LogP contribution in [0.25, 0.3) is 10.9 Å². The summed E-state index contributed by atoms with van der Waals surface area (Å²) in [5.74, 6) is -0.900. The van der Waals surface area contributed by atoms with Crippen molar-refractivity contribution in [2.45, 2.75) is 26.1 Å². The van der Waals surface area contributed by atoms with Gasteiger partial charge in [-0.2, -0.15) is 0 Å². The van der Waals surface area contributed by atoms with Crippen molar-refractivity contribution in [2.75, 3.05) is 6.61 Å². The van der Waals surface area contributed by atoms with Crippen molar-refractivity contribution in [1.82, 2.24) is 4.98 Å². The third-order valence-electron chi connectivity index (χ3n) is 3.16. The third kappa shape index (κ3) is 3.12. The molecule has 112 valence electrons. The zero-order chi connectivity index (χ0) is 15.6. The molecule has 1 heterocycles. The molecule has 0 saturated heterocycles. The quantitative estimate of drug-likeness (QED) is 0.723. The highest BCUT2D eigenvalue weighted by atomic mass is 16.5. The predicted octanol–water partition coefficient (Wildman–Crippen LogP) is 0.794. The number of aliphatic hydroxyl groups excluding tert-OH is 2. The fourth-order valence-corrected chi connectivity index (χ4v) is 2.12. The molecule has 0 radical (unpaired) electrons. The van der Waals surface area contributed by atoms with Crippen molar-refractivity contribution in [3.8, 4) is 0 Å². The fourth-order valence-electron chi connectivity index (χ4n) is 2.12. The molecular formula is C15H17NO5. The lowest BCUT2D eigenvalue weighted by Crippen LogP contribution is -2.30. The summed E-state index contributed by atoms with van der Waals surface area (Å²) in [7, 11) is 0. The Morgan fingerprint density at radius 3 is 2.71 bits per heavy atom. The van der Waals surface area contributed by atoms with Crippen molar-refractivity contribution in [3.63, 3.8) is 0 Å². The summed E-state index contributed by atoms with van der Waals surface area (Å²) in [6, 6.07) is 6.08. The number of carbonyl (C=O) groups excluding carboxylic acids is 1. The number of ether oxygens (including phenoxy) is 1. The molecule has 2 aromatic rings. The summed E-state index contributed by atoms with van der Waals surface area (Å²) < 4.78 is 4.66. The number of pyridine rings is 1. The molecule has 0 amide bonds. The zero-order valence-electron chi connectivity index (χ0n) is 11.8. The van der Waals surface area contributed by atoms with E-state index in [2.05, 4.69) is 9.72 Å². The second-order valence-electron chi connectivity index (χ2n) is 4.76. The number of aromatic amines is 1. The monoisotopic (exact) mass is 291 g/mol. The van der Waals surface area contributed by atoms with Gasteiger partial charge in [-0.15, -0.1) is 0 Å². The molecule has 2 unspecified atom stereocenters. The van der Waals surface area contributed by atoms with Gasteiger partial charge in [0.15, 0.2) is 11.5 Å². The largest absolute Gasteiger partial charge is 0.464 e. The van der Waals surface area contributed by atoms with Gasteiger partial charge in [-0.25, -0.2) is 4.79 Å². The van der Waals surface area contributed by atoms with Gasteiger partial charge in [0.1, 0.15) is 6.10 Å². The number of carbonyl (C=O) groups is 1. The van der Waals surface area contributed by atoms with E-state index in [0.29, 0.717) is 10.9 Å². The van der Waals surface area contributed by atoms with E-state index >= 15 is 0 Å². The Morgan fingerprint density at radius 1 is 1.33 bits per heavy atom. The maximum absolute atomic E-state index is 11.9. The maximum atomic E-state index is 11.9. The Bertz CT molecular complexity index is 722. The number of hydrogen-bond acceptors (Lipinski definition) is 5. The Hall–Kier alpha value is -2.18. The molecule has 6 heteroatoms. The molecular weight excluding hydrogens is 274 g/mol. The number of aliphatic hydroxyl groups is 2. The first-order valence-electron chi connectivity index (χ1n) is 6.60. The molecule has 0 aliphatic rings. The first kappa shape index (κ1) is 15.2. The van der Waals surface area contributed by atoms with Crippen LogP contribution in [-0.2, 0) is 9.53 Å². The molecule has 0 bridgehead atoms. The molecule has 1 aromatic carbocycles. The maximum Gasteiger partial charge on any atom is 0.338 e. The predicted molar refractivity (Wildman–Crippen MR) is 76.9 cm³/mol.